The van der Waals surface area contributed by atoms with Gasteiger partial charge in [0.05, 0.1) is 16.8 Å². The highest BCUT2D eigenvalue weighted by Crippen LogP contribution is 2.35. The van der Waals surface area contributed by atoms with Crippen LogP contribution in [0.3, 0.4) is 0 Å². The van der Waals surface area contributed by atoms with E-state index in [2.05, 4.69) is 60.6 Å². The molecule has 1 aromatic carbocycles. The Morgan fingerprint density at radius 1 is 1.21 bits per heavy atom. The van der Waals surface area contributed by atoms with Gasteiger partial charge in [0.15, 0.2) is 5.82 Å². The lowest BCUT2D eigenvalue weighted by molar-refractivity contribution is -0.932. The van der Waals surface area contributed by atoms with Crippen molar-refractivity contribution in [1.29, 1.82) is 0 Å². The van der Waals surface area contributed by atoms with Crippen LogP contribution in [0.1, 0.15) is 40.0 Å². The molecule has 0 spiro atoms. The van der Waals surface area contributed by atoms with E-state index < -0.39 is 0 Å². The van der Waals surface area contributed by atoms with E-state index in [1.54, 1.807) is 11.3 Å². The molecule has 148 valence electrons. The summed E-state index contributed by atoms with van der Waals surface area (Å²) in [5.41, 5.74) is 3.31. The van der Waals surface area contributed by atoms with Crippen molar-refractivity contribution in [2.24, 2.45) is 0 Å². The lowest BCUT2D eigenvalue weighted by Crippen LogP contribution is -3.09. The van der Waals surface area contributed by atoms with Gasteiger partial charge >= 0.3 is 0 Å². The molecule has 0 radical (unpaired) electrons. The largest absolute Gasteiger partial charge is 0.322 e. The molecular weight excluding hydrogens is 398 g/mol. The molecule has 0 aliphatic carbocycles. The average Bonchev–Trinajstić information content (AvgIpc) is 3.42. The third-order valence-corrected chi connectivity index (χ3v) is 7.88. The van der Waals surface area contributed by atoms with Crippen LogP contribution in [0.25, 0.3) is 21.3 Å². The summed E-state index contributed by atoms with van der Waals surface area (Å²) in [6.07, 6.45) is 2.43. The van der Waals surface area contributed by atoms with Crippen LogP contribution in [0.4, 0.5) is 0 Å². The molecule has 5 rings (SSSR count). The zero-order valence-electron chi connectivity index (χ0n) is 16.6. The number of H-pyrrole nitrogens is 1. The third kappa shape index (κ3) is 3.45. The van der Waals surface area contributed by atoms with Crippen molar-refractivity contribution >= 4 is 32.9 Å². The van der Waals surface area contributed by atoms with E-state index in [9.17, 15) is 4.79 Å². The Balaban J connectivity index is 1.51. The maximum Gasteiger partial charge on any atom is 0.260 e. The second kappa shape index (κ2) is 7.52. The highest BCUT2D eigenvalue weighted by atomic mass is 32.1. The van der Waals surface area contributed by atoms with Crippen LogP contribution >= 0.6 is 22.7 Å². The van der Waals surface area contributed by atoms with Crippen LogP contribution in [-0.2, 0) is 6.54 Å². The molecule has 29 heavy (non-hydrogen) atoms. The van der Waals surface area contributed by atoms with E-state index in [0.717, 1.165) is 45.1 Å². The molecule has 0 bridgehead atoms. The fourth-order valence-electron chi connectivity index (χ4n) is 4.49. The van der Waals surface area contributed by atoms with Crippen LogP contribution in [0.5, 0.6) is 0 Å². The van der Waals surface area contributed by atoms with Crippen molar-refractivity contribution in [2.45, 2.75) is 39.3 Å². The van der Waals surface area contributed by atoms with Crippen LogP contribution < -0.4 is 10.5 Å². The number of nitrogens with zero attached hydrogens (tertiary/aromatic N) is 1. The van der Waals surface area contributed by atoms with Gasteiger partial charge in [-0.15, -0.1) is 22.7 Å². The summed E-state index contributed by atoms with van der Waals surface area (Å²) in [6, 6.07) is 13.3. The Morgan fingerprint density at radius 3 is 2.79 bits per heavy atom. The van der Waals surface area contributed by atoms with Crippen molar-refractivity contribution < 1.29 is 4.90 Å². The highest BCUT2D eigenvalue weighted by Gasteiger charge is 2.31. The molecule has 0 saturated carbocycles. The number of aromatic amines is 1. The Bertz CT molecular complexity index is 1210. The standard InChI is InChI=1S/C23H23N3OS2/c1-14-7-9-16(10-8-14)20-15(2)29-23-21(20)22(27)24-19(25-23)13-26-11-3-5-17(26)18-6-4-12-28-18/h4,6-10,12,17H,3,5,11,13H2,1-2H3,(H,24,25,27)/p+1/t17-/m1/s1. The summed E-state index contributed by atoms with van der Waals surface area (Å²) in [7, 11) is 0. The van der Waals surface area contributed by atoms with Crippen molar-refractivity contribution in [2.75, 3.05) is 6.54 Å². The van der Waals surface area contributed by atoms with Gasteiger partial charge in [-0.05, 0) is 30.9 Å². The van der Waals surface area contributed by atoms with Gasteiger partial charge in [0, 0.05) is 23.3 Å². The molecule has 1 aliphatic rings. The van der Waals surface area contributed by atoms with E-state index in [4.69, 9.17) is 4.98 Å². The summed E-state index contributed by atoms with van der Waals surface area (Å²) in [6.45, 7) is 6.05. The first-order valence-electron chi connectivity index (χ1n) is 10.1. The molecule has 0 amide bonds. The van der Waals surface area contributed by atoms with Gasteiger partial charge in [-0.25, -0.2) is 4.98 Å². The predicted molar refractivity (Wildman–Crippen MR) is 121 cm³/mol. The van der Waals surface area contributed by atoms with Crippen LogP contribution in [0.2, 0.25) is 0 Å². The Hall–Kier alpha value is -2.28. The van der Waals surface area contributed by atoms with Gasteiger partial charge in [0.1, 0.15) is 17.4 Å². The van der Waals surface area contributed by atoms with E-state index in [0.29, 0.717) is 6.04 Å². The molecule has 1 fully saturated rings. The topological polar surface area (TPSA) is 50.2 Å². The monoisotopic (exact) mass is 422 g/mol. The number of hydrogen-bond acceptors (Lipinski definition) is 4. The van der Waals surface area contributed by atoms with E-state index in [-0.39, 0.29) is 5.56 Å². The number of nitrogens with one attached hydrogen (secondary N) is 2. The molecule has 6 heteroatoms. The number of fused-ring (bicyclic) bond motifs is 1. The van der Waals surface area contributed by atoms with Gasteiger partial charge in [-0.2, -0.15) is 0 Å². The van der Waals surface area contributed by atoms with E-state index in [1.165, 1.54) is 28.2 Å². The maximum atomic E-state index is 13.1. The van der Waals surface area contributed by atoms with Crippen LogP contribution in [0.15, 0.2) is 46.6 Å². The molecule has 2 atom stereocenters. The summed E-state index contributed by atoms with van der Waals surface area (Å²) >= 11 is 3.46. The molecule has 1 aliphatic heterocycles. The second-order valence-corrected chi connectivity index (χ2v) is 10.1. The molecule has 4 nitrogen and oxygen atoms in total. The van der Waals surface area contributed by atoms with Crippen LogP contribution in [-0.4, -0.2) is 16.5 Å². The second-order valence-electron chi connectivity index (χ2n) is 7.89. The summed E-state index contributed by atoms with van der Waals surface area (Å²) in [5.74, 6) is 0.803. The fourth-order valence-corrected chi connectivity index (χ4v) is 6.47. The number of aromatic nitrogens is 2. The summed E-state index contributed by atoms with van der Waals surface area (Å²) in [4.78, 5) is 26.0. The summed E-state index contributed by atoms with van der Waals surface area (Å²) in [5, 5.41) is 2.88. The van der Waals surface area contributed by atoms with Gasteiger partial charge in [-0.3, -0.25) is 4.79 Å². The van der Waals surface area contributed by atoms with E-state index in [1.807, 2.05) is 11.3 Å². The molecule has 4 heterocycles. The lowest BCUT2D eigenvalue weighted by Gasteiger charge is -2.19. The van der Waals surface area contributed by atoms with Crippen molar-refractivity contribution in [3.63, 3.8) is 0 Å². The molecule has 2 N–H and O–H groups in total. The SMILES string of the molecule is Cc1ccc(-c2c(C)sc3nc(C[NH+]4CCC[C@@H]4c4cccs4)[nH]c(=O)c23)cc1. The number of quaternary nitrogens is 1. The molecule has 3 aromatic heterocycles. The lowest BCUT2D eigenvalue weighted by atomic mass is 10.0. The quantitative estimate of drug-likeness (QED) is 0.517. The molecular formula is C23H24N3OS2+. The van der Waals surface area contributed by atoms with Gasteiger partial charge in [0.2, 0.25) is 0 Å². The minimum Gasteiger partial charge on any atom is -0.322 e. The Labute approximate surface area is 177 Å². The first-order valence-corrected chi connectivity index (χ1v) is 11.8. The first kappa shape index (κ1) is 18.7. The Morgan fingerprint density at radius 2 is 2.03 bits per heavy atom. The zero-order valence-corrected chi connectivity index (χ0v) is 18.3. The van der Waals surface area contributed by atoms with Crippen LogP contribution in [0, 0.1) is 13.8 Å². The molecule has 4 aromatic rings. The molecule has 1 unspecified atom stereocenters. The minimum atomic E-state index is -0.0174. The number of aryl methyl sites for hydroxylation is 2. The predicted octanol–water partition coefficient (Wildman–Crippen LogP) is 4.25. The highest BCUT2D eigenvalue weighted by molar-refractivity contribution is 7.19. The van der Waals surface area contributed by atoms with Gasteiger partial charge in [0.25, 0.3) is 5.56 Å². The number of hydrogen-bond donors (Lipinski definition) is 2. The first-order chi connectivity index (χ1) is 14.1. The number of benzene rings is 1. The minimum absolute atomic E-state index is 0.0174. The van der Waals surface area contributed by atoms with E-state index >= 15 is 0 Å². The molecule has 1 saturated heterocycles. The van der Waals surface area contributed by atoms with Gasteiger partial charge < -0.3 is 9.88 Å². The summed E-state index contributed by atoms with van der Waals surface area (Å²) < 4.78 is 0. The van der Waals surface area contributed by atoms with Crippen molar-refractivity contribution in [3.8, 4) is 11.1 Å². The average molecular weight is 423 g/mol. The maximum absolute atomic E-state index is 13.1. The smallest absolute Gasteiger partial charge is 0.260 e. The number of rotatable bonds is 4. The normalized spacial score (nSPS) is 19.2. The fraction of sp³-hybridized carbons (Fsp3) is 0.304. The zero-order chi connectivity index (χ0) is 20.0. The van der Waals surface area contributed by atoms with Crippen molar-refractivity contribution in [3.05, 3.63) is 73.3 Å². The third-order valence-electron chi connectivity index (χ3n) is 5.89. The number of thiophene rings is 2. The van der Waals surface area contributed by atoms with Crippen molar-refractivity contribution in [1.82, 2.24) is 9.97 Å². The Kier molecular flexibility index (Phi) is 4.86. The number of likely N-dealkylation sites (tertiary alicyclic amines) is 1. The van der Waals surface area contributed by atoms with Gasteiger partial charge in [-0.1, -0.05) is 35.9 Å².